The Kier molecular flexibility index (Phi) is 9.88. The van der Waals surface area contributed by atoms with E-state index >= 15 is 0 Å². The second kappa shape index (κ2) is 16.3. The molecule has 68 heavy (non-hydrogen) atoms. The summed E-state index contributed by atoms with van der Waals surface area (Å²) in [5.74, 6) is 0. The highest BCUT2D eigenvalue weighted by molar-refractivity contribution is 5.92. The minimum absolute atomic E-state index is 0.165. The molecule has 2 heteroatoms. The van der Waals surface area contributed by atoms with Gasteiger partial charge in [-0.2, -0.15) is 0 Å². The van der Waals surface area contributed by atoms with E-state index in [4.69, 9.17) is 0 Å². The average Bonchev–Trinajstić information content (AvgIpc) is 3.75. The van der Waals surface area contributed by atoms with E-state index in [9.17, 15) is 0 Å². The van der Waals surface area contributed by atoms with Gasteiger partial charge in [-0.25, -0.2) is 0 Å². The number of rotatable bonds is 9. The number of para-hydroxylation sites is 2. The maximum atomic E-state index is 2.43. The van der Waals surface area contributed by atoms with Gasteiger partial charge in [0, 0.05) is 45.0 Å². The molecule has 0 amide bonds. The third-order valence-electron chi connectivity index (χ3n) is 14.6. The fraction of sp³-hybridized carbons (Fsp3) is 0.0909. The maximum Gasteiger partial charge on any atom is 0.0468 e. The zero-order chi connectivity index (χ0) is 46.0. The maximum absolute atomic E-state index is 2.43. The topological polar surface area (TPSA) is 6.48 Å². The molecule has 2 aliphatic carbocycles. The zero-order valence-corrected chi connectivity index (χ0v) is 39.0. The largest absolute Gasteiger partial charge is 0.310 e. The standard InChI is InChI=1S/C66H52N2/c1-65(2)61-40-45(26-36-57(61)59-38-34-55(43-63(59)65)67(51-20-10-6-11-21-51)52-22-12-7-13-23-52)24-25-46-27-37-58-60-39-35-56(44-64(60)66(3,4)62(58)41-46)68(54-33-30-48-18-14-15-19-50(48)42-54)53-31-28-49(29-32-53)47-16-8-5-9-17-47/h5-44H,1-4H3/b25-24+. The van der Waals surface area contributed by atoms with Gasteiger partial charge < -0.3 is 9.80 Å². The Bertz CT molecular complexity index is 3510. The number of hydrogen-bond donors (Lipinski definition) is 0. The lowest BCUT2D eigenvalue weighted by Gasteiger charge is -2.28. The highest BCUT2D eigenvalue weighted by Crippen LogP contribution is 2.53. The molecule has 326 valence electrons. The van der Waals surface area contributed by atoms with E-state index in [1.807, 2.05) is 0 Å². The Labute approximate surface area is 400 Å². The molecular weight excluding hydrogens is 821 g/mol. The first kappa shape index (κ1) is 41.2. The van der Waals surface area contributed by atoms with Crippen LogP contribution < -0.4 is 9.80 Å². The first-order chi connectivity index (χ1) is 33.2. The monoisotopic (exact) mass is 872 g/mol. The number of nitrogens with zero attached hydrogens (tertiary/aromatic N) is 2. The van der Waals surface area contributed by atoms with Crippen molar-refractivity contribution in [3.63, 3.8) is 0 Å². The first-order valence-electron chi connectivity index (χ1n) is 23.8. The van der Waals surface area contributed by atoms with Crippen molar-refractivity contribution in [2.24, 2.45) is 0 Å². The molecule has 2 aliphatic rings. The Morgan fingerprint density at radius 3 is 1.15 bits per heavy atom. The molecule has 0 spiro atoms. The summed E-state index contributed by atoms with van der Waals surface area (Å²) in [5.41, 5.74) is 22.0. The van der Waals surface area contributed by atoms with Crippen molar-refractivity contribution in [3.05, 3.63) is 264 Å². The number of anilines is 6. The van der Waals surface area contributed by atoms with Crippen LogP contribution in [0.3, 0.4) is 0 Å². The molecule has 0 bridgehead atoms. The second-order valence-electron chi connectivity index (χ2n) is 19.4. The highest BCUT2D eigenvalue weighted by Gasteiger charge is 2.38. The van der Waals surface area contributed by atoms with Gasteiger partial charge in [0.05, 0.1) is 0 Å². The SMILES string of the molecule is CC1(C)c2cc(/C=C/c3ccc4c(c3)C(C)(C)c3cc(N(c5ccc(-c6ccccc6)cc5)c5ccc6ccccc6c5)ccc3-4)ccc2-c2ccc(N(c3ccccc3)c3ccccc3)cc21. The van der Waals surface area contributed by atoms with Crippen LogP contribution in [-0.4, -0.2) is 0 Å². The summed E-state index contributed by atoms with van der Waals surface area (Å²) in [6, 6.07) is 84.5. The summed E-state index contributed by atoms with van der Waals surface area (Å²) in [6.07, 6.45) is 4.58. The van der Waals surface area contributed by atoms with Gasteiger partial charge in [-0.1, -0.05) is 198 Å². The van der Waals surface area contributed by atoms with Crippen molar-refractivity contribution in [2.45, 2.75) is 38.5 Å². The molecule has 0 aromatic heterocycles. The van der Waals surface area contributed by atoms with Crippen molar-refractivity contribution in [3.8, 4) is 33.4 Å². The molecule has 10 aromatic rings. The van der Waals surface area contributed by atoms with Crippen molar-refractivity contribution in [1.82, 2.24) is 0 Å². The van der Waals surface area contributed by atoms with Gasteiger partial charge in [0.1, 0.15) is 0 Å². The smallest absolute Gasteiger partial charge is 0.0468 e. The lowest BCUT2D eigenvalue weighted by Crippen LogP contribution is -2.16. The lowest BCUT2D eigenvalue weighted by molar-refractivity contribution is 0.660. The summed E-state index contributed by atoms with van der Waals surface area (Å²) in [7, 11) is 0. The molecule has 0 heterocycles. The Morgan fingerprint density at radius 1 is 0.279 bits per heavy atom. The minimum atomic E-state index is -0.199. The van der Waals surface area contributed by atoms with E-state index in [2.05, 4.69) is 280 Å². The van der Waals surface area contributed by atoms with Gasteiger partial charge >= 0.3 is 0 Å². The summed E-state index contributed by atoms with van der Waals surface area (Å²) >= 11 is 0. The van der Waals surface area contributed by atoms with Gasteiger partial charge in [-0.05, 0) is 150 Å². The van der Waals surface area contributed by atoms with Crippen molar-refractivity contribution in [2.75, 3.05) is 9.80 Å². The first-order valence-corrected chi connectivity index (χ1v) is 23.8. The predicted octanol–water partition coefficient (Wildman–Crippen LogP) is 18.2. The summed E-state index contributed by atoms with van der Waals surface area (Å²) in [6.45, 7) is 9.51. The van der Waals surface area contributed by atoms with Gasteiger partial charge in [-0.15, -0.1) is 0 Å². The molecule has 0 fully saturated rings. The van der Waals surface area contributed by atoms with Crippen molar-refractivity contribution < 1.29 is 0 Å². The van der Waals surface area contributed by atoms with Crippen molar-refractivity contribution >= 4 is 57.0 Å². The van der Waals surface area contributed by atoms with Crippen LogP contribution in [0, 0.1) is 0 Å². The fourth-order valence-corrected chi connectivity index (χ4v) is 11.0. The molecule has 0 N–H and O–H groups in total. The number of benzene rings is 10. The van der Waals surface area contributed by atoms with Gasteiger partial charge in [0.2, 0.25) is 0 Å². The molecule has 0 saturated heterocycles. The second-order valence-corrected chi connectivity index (χ2v) is 19.4. The summed E-state index contributed by atoms with van der Waals surface area (Å²) in [4.78, 5) is 4.77. The van der Waals surface area contributed by atoms with Crippen LogP contribution in [0.15, 0.2) is 231 Å². The average molecular weight is 873 g/mol. The predicted molar refractivity (Wildman–Crippen MR) is 289 cm³/mol. The molecule has 0 radical (unpaired) electrons. The van der Waals surface area contributed by atoms with E-state index in [0.717, 1.165) is 34.1 Å². The van der Waals surface area contributed by atoms with Gasteiger partial charge in [0.25, 0.3) is 0 Å². The molecule has 0 aliphatic heterocycles. The number of fused-ring (bicyclic) bond motifs is 7. The van der Waals surface area contributed by atoms with E-state index in [1.54, 1.807) is 0 Å². The summed E-state index contributed by atoms with van der Waals surface area (Å²) < 4.78 is 0. The van der Waals surface area contributed by atoms with E-state index in [0.29, 0.717) is 0 Å². The van der Waals surface area contributed by atoms with Crippen LogP contribution in [0.4, 0.5) is 34.1 Å². The van der Waals surface area contributed by atoms with Gasteiger partial charge in [0.15, 0.2) is 0 Å². The van der Waals surface area contributed by atoms with E-state index in [-0.39, 0.29) is 10.8 Å². The van der Waals surface area contributed by atoms with Crippen LogP contribution in [0.2, 0.25) is 0 Å². The number of hydrogen-bond acceptors (Lipinski definition) is 2. The third kappa shape index (κ3) is 7.04. The van der Waals surface area contributed by atoms with Crippen LogP contribution in [0.1, 0.15) is 61.1 Å². The molecular formula is C66H52N2. The zero-order valence-electron chi connectivity index (χ0n) is 39.0. The molecule has 0 unspecified atom stereocenters. The van der Waals surface area contributed by atoms with Crippen LogP contribution in [0.5, 0.6) is 0 Å². The van der Waals surface area contributed by atoms with E-state index < -0.39 is 0 Å². The molecule has 0 saturated carbocycles. The van der Waals surface area contributed by atoms with E-state index in [1.165, 1.54) is 77.5 Å². The van der Waals surface area contributed by atoms with Crippen LogP contribution >= 0.6 is 0 Å². The molecule has 12 rings (SSSR count). The Balaban J connectivity index is 0.843. The third-order valence-corrected chi connectivity index (χ3v) is 14.6. The lowest BCUT2D eigenvalue weighted by atomic mass is 9.81. The van der Waals surface area contributed by atoms with Crippen LogP contribution in [0.25, 0.3) is 56.3 Å². The minimum Gasteiger partial charge on any atom is -0.310 e. The van der Waals surface area contributed by atoms with Crippen LogP contribution in [-0.2, 0) is 10.8 Å². The quantitative estimate of drug-likeness (QED) is 0.133. The Morgan fingerprint density at radius 2 is 0.632 bits per heavy atom. The molecule has 2 nitrogen and oxygen atoms in total. The summed E-state index contributed by atoms with van der Waals surface area (Å²) in [5, 5.41) is 2.46. The van der Waals surface area contributed by atoms with Crippen molar-refractivity contribution in [1.29, 1.82) is 0 Å². The highest BCUT2D eigenvalue weighted by atomic mass is 15.1. The Hall–Kier alpha value is -8.20. The molecule has 0 atom stereocenters. The fourth-order valence-electron chi connectivity index (χ4n) is 11.0. The van der Waals surface area contributed by atoms with Gasteiger partial charge in [-0.3, -0.25) is 0 Å². The normalized spacial score (nSPS) is 13.8. The molecule has 10 aromatic carbocycles.